The van der Waals surface area contributed by atoms with E-state index in [0.717, 1.165) is 13.3 Å². The Bertz CT molecular complexity index is 528. The zero-order chi connectivity index (χ0) is 14.8. The lowest BCUT2D eigenvalue weighted by molar-refractivity contribution is -0.262. The van der Waals surface area contributed by atoms with Gasteiger partial charge in [0.25, 0.3) is 5.72 Å². The fraction of sp³-hybridized carbons (Fsp3) is 0.308. The van der Waals surface area contributed by atoms with Crippen LogP contribution in [0, 0.1) is 0 Å². The van der Waals surface area contributed by atoms with Gasteiger partial charge in [-0.25, -0.2) is 4.79 Å². The molecule has 1 heterocycles. The first-order valence-corrected chi connectivity index (χ1v) is 5.83. The van der Waals surface area contributed by atoms with Crippen molar-refractivity contribution in [1.82, 2.24) is 10.6 Å². The van der Waals surface area contributed by atoms with Crippen molar-refractivity contribution >= 4 is 6.03 Å². The number of urea groups is 1. The van der Waals surface area contributed by atoms with Gasteiger partial charge in [0.2, 0.25) is 0 Å². The standard InChI is InChI=1S/C13H13F3N2O2/c1-20-12(13(14,15)16)10(8-17-11(19)18-12)7-9-5-3-2-4-6-9/h2-6,8H,7H2,1H3,(H2,17,18,19). The van der Waals surface area contributed by atoms with Crippen LogP contribution in [0.1, 0.15) is 5.56 Å². The predicted molar refractivity (Wildman–Crippen MR) is 65.7 cm³/mol. The number of methoxy groups -OCH3 is 1. The molecule has 0 saturated carbocycles. The molecule has 2 rings (SSSR count). The molecule has 0 bridgehead atoms. The molecule has 1 aromatic rings. The largest absolute Gasteiger partial charge is 0.441 e. The van der Waals surface area contributed by atoms with Crippen LogP contribution in [0.3, 0.4) is 0 Å². The fourth-order valence-electron chi connectivity index (χ4n) is 2.07. The summed E-state index contributed by atoms with van der Waals surface area (Å²) in [6, 6.07) is 7.68. The number of nitrogens with one attached hydrogen (secondary N) is 2. The highest BCUT2D eigenvalue weighted by molar-refractivity contribution is 5.78. The van der Waals surface area contributed by atoms with E-state index < -0.39 is 17.9 Å². The molecule has 0 fully saturated rings. The first kappa shape index (κ1) is 14.4. The van der Waals surface area contributed by atoms with Crippen LogP contribution < -0.4 is 10.6 Å². The van der Waals surface area contributed by atoms with E-state index in [4.69, 9.17) is 0 Å². The number of rotatable bonds is 3. The Hall–Kier alpha value is -2.02. The highest BCUT2D eigenvalue weighted by atomic mass is 19.4. The highest BCUT2D eigenvalue weighted by Crippen LogP contribution is 2.39. The van der Waals surface area contributed by atoms with E-state index in [-0.39, 0.29) is 12.0 Å². The third kappa shape index (κ3) is 2.49. The average Bonchev–Trinajstić information content (AvgIpc) is 2.40. The first-order valence-electron chi connectivity index (χ1n) is 5.83. The number of carbonyl (C=O) groups is 1. The van der Waals surface area contributed by atoms with E-state index in [1.54, 1.807) is 30.3 Å². The number of carbonyl (C=O) groups excluding carboxylic acids is 1. The number of hydrogen-bond acceptors (Lipinski definition) is 2. The normalized spacial score (nSPS) is 22.8. The third-order valence-electron chi connectivity index (χ3n) is 3.06. The van der Waals surface area contributed by atoms with Gasteiger partial charge < -0.3 is 10.1 Å². The van der Waals surface area contributed by atoms with Crippen LogP contribution in [-0.2, 0) is 11.2 Å². The summed E-state index contributed by atoms with van der Waals surface area (Å²) in [5.41, 5.74) is -2.23. The third-order valence-corrected chi connectivity index (χ3v) is 3.06. The Balaban J connectivity index is 2.39. The summed E-state index contributed by atoms with van der Waals surface area (Å²) >= 11 is 0. The van der Waals surface area contributed by atoms with Crippen molar-refractivity contribution in [2.75, 3.05) is 7.11 Å². The molecular weight excluding hydrogens is 273 g/mol. The molecule has 108 valence electrons. The number of amides is 2. The lowest BCUT2D eigenvalue weighted by Gasteiger charge is -2.39. The molecule has 1 aliphatic heterocycles. The van der Waals surface area contributed by atoms with Crippen LogP contribution in [0.5, 0.6) is 0 Å². The van der Waals surface area contributed by atoms with Crippen LogP contribution in [0.2, 0.25) is 0 Å². The summed E-state index contributed by atoms with van der Waals surface area (Å²) in [7, 11) is 0.915. The molecule has 7 heteroatoms. The number of ether oxygens (including phenoxy) is 1. The number of alkyl halides is 3. The topological polar surface area (TPSA) is 50.4 Å². The van der Waals surface area contributed by atoms with Crippen LogP contribution in [0.25, 0.3) is 0 Å². The van der Waals surface area contributed by atoms with Crippen molar-refractivity contribution in [2.24, 2.45) is 0 Å². The highest BCUT2D eigenvalue weighted by Gasteiger charge is 2.60. The van der Waals surface area contributed by atoms with Crippen LogP contribution >= 0.6 is 0 Å². The Kier molecular flexibility index (Phi) is 3.71. The Morgan fingerprint density at radius 2 is 1.90 bits per heavy atom. The van der Waals surface area contributed by atoms with E-state index in [2.05, 4.69) is 10.1 Å². The van der Waals surface area contributed by atoms with Gasteiger partial charge in [0.1, 0.15) is 0 Å². The second-order valence-electron chi connectivity index (χ2n) is 4.31. The van der Waals surface area contributed by atoms with Crippen molar-refractivity contribution < 1.29 is 22.7 Å². The molecule has 0 aromatic heterocycles. The lowest BCUT2D eigenvalue weighted by atomic mass is 9.94. The summed E-state index contributed by atoms with van der Waals surface area (Å²) in [4.78, 5) is 11.2. The molecule has 20 heavy (non-hydrogen) atoms. The molecule has 0 aliphatic carbocycles. The van der Waals surface area contributed by atoms with Gasteiger partial charge in [0.15, 0.2) is 0 Å². The summed E-state index contributed by atoms with van der Waals surface area (Å²) < 4.78 is 44.6. The molecule has 1 aliphatic rings. The maximum absolute atomic E-state index is 13.3. The minimum atomic E-state index is -4.76. The molecule has 0 radical (unpaired) electrons. The second-order valence-corrected chi connectivity index (χ2v) is 4.31. The van der Waals surface area contributed by atoms with Crippen LogP contribution in [0.4, 0.5) is 18.0 Å². The summed E-state index contributed by atoms with van der Waals surface area (Å²) in [6.45, 7) is 0. The average molecular weight is 286 g/mol. The van der Waals surface area contributed by atoms with Gasteiger partial charge in [-0.2, -0.15) is 13.2 Å². The number of halogens is 3. The monoisotopic (exact) mass is 286 g/mol. The van der Waals surface area contributed by atoms with Gasteiger partial charge in [0, 0.05) is 25.3 Å². The van der Waals surface area contributed by atoms with Gasteiger partial charge in [0.05, 0.1) is 0 Å². The molecule has 1 unspecified atom stereocenters. The molecule has 0 saturated heterocycles. The molecular formula is C13H13F3N2O2. The second kappa shape index (κ2) is 5.16. The molecule has 2 N–H and O–H groups in total. The van der Waals surface area contributed by atoms with E-state index >= 15 is 0 Å². The molecule has 0 spiro atoms. The summed E-state index contributed by atoms with van der Waals surface area (Å²) in [5, 5.41) is 4.05. The molecule has 1 aromatic carbocycles. The van der Waals surface area contributed by atoms with Crippen molar-refractivity contribution in [2.45, 2.75) is 18.3 Å². The summed E-state index contributed by atoms with van der Waals surface area (Å²) in [5.74, 6) is 0. The smallest absolute Gasteiger partial charge is 0.347 e. The van der Waals surface area contributed by atoms with Crippen molar-refractivity contribution in [3.05, 3.63) is 47.7 Å². The molecule has 2 amide bonds. The van der Waals surface area contributed by atoms with Gasteiger partial charge >= 0.3 is 12.2 Å². The Morgan fingerprint density at radius 1 is 1.25 bits per heavy atom. The maximum Gasteiger partial charge on any atom is 0.441 e. The van der Waals surface area contributed by atoms with E-state index in [1.807, 2.05) is 5.32 Å². The quantitative estimate of drug-likeness (QED) is 0.896. The van der Waals surface area contributed by atoms with E-state index in [9.17, 15) is 18.0 Å². The van der Waals surface area contributed by atoms with Crippen molar-refractivity contribution in [3.63, 3.8) is 0 Å². The lowest BCUT2D eigenvalue weighted by Crippen LogP contribution is -2.65. The summed E-state index contributed by atoms with van der Waals surface area (Å²) in [6.07, 6.45) is -3.72. The van der Waals surface area contributed by atoms with Gasteiger partial charge in [-0.15, -0.1) is 0 Å². The van der Waals surface area contributed by atoms with Gasteiger partial charge in [-0.1, -0.05) is 30.3 Å². The minimum absolute atomic E-state index is 0.00146. The molecule has 4 nitrogen and oxygen atoms in total. The van der Waals surface area contributed by atoms with E-state index in [1.165, 1.54) is 0 Å². The van der Waals surface area contributed by atoms with Gasteiger partial charge in [-0.3, -0.25) is 5.32 Å². The van der Waals surface area contributed by atoms with Crippen LogP contribution in [0.15, 0.2) is 42.1 Å². The number of hydrogen-bond donors (Lipinski definition) is 2. The zero-order valence-corrected chi connectivity index (χ0v) is 10.6. The SMILES string of the molecule is COC1(C(F)(F)F)NC(=O)NC=C1Cc1ccccc1. The Morgan fingerprint density at radius 3 is 2.45 bits per heavy atom. The predicted octanol–water partition coefficient (Wildman–Crippen LogP) is 2.33. The van der Waals surface area contributed by atoms with Crippen LogP contribution in [-0.4, -0.2) is 25.0 Å². The van der Waals surface area contributed by atoms with Gasteiger partial charge in [-0.05, 0) is 5.56 Å². The van der Waals surface area contributed by atoms with E-state index in [0.29, 0.717) is 5.56 Å². The Labute approximate surface area is 113 Å². The van der Waals surface area contributed by atoms with Crippen molar-refractivity contribution in [1.29, 1.82) is 0 Å². The number of benzene rings is 1. The first-order chi connectivity index (χ1) is 9.39. The van der Waals surface area contributed by atoms with Crippen molar-refractivity contribution in [3.8, 4) is 0 Å². The molecule has 1 atom stereocenters. The maximum atomic E-state index is 13.3. The zero-order valence-electron chi connectivity index (χ0n) is 10.6. The minimum Gasteiger partial charge on any atom is -0.347 e. The fourth-order valence-corrected chi connectivity index (χ4v) is 2.07.